The van der Waals surface area contributed by atoms with E-state index in [2.05, 4.69) is 105 Å². The molecule has 0 saturated carbocycles. The second-order valence-electron chi connectivity index (χ2n) is 15.1. The molecule has 1 aliphatic rings. The van der Waals surface area contributed by atoms with Crippen LogP contribution in [0.3, 0.4) is 0 Å². The highest BCUT2D eigenvalue weighted by Crippen LogP contribution is 2.22. The van der Waals surface area contributed by atoms with Crippen molar-refractivity contribution in [1.82, 2.24) is 0 Å². The predicted molar refractivity (Wildman–Crippen MR) is 247 cm³/mol. The molecule has 1 rings (SSSR count). The molecule has 6 atom stereocenters. The predicted octanol–water partition coefficient (Wildman–Crippen LogP) is 10.1. The van der Waals surface area contributed by atoms with E-state index in [4.69, 9.17) is 18.9 Å². The van der Waals surface area contributed by atoms with Crippen molar-refractivity contribution in [3.63, 3.8) is 0 Å². The fourth-order valence-electron chi connectivity index (χ4n) is 5.98. The molecular weight excluding hydrogens is 773 g/mol. The normalized spacial score (nSPS) is 20.8. The molecule has 0 spiro atoms. The second kappa shape index (κ2) is 40.4. The molecule has 0 aliphatic carbocycles. The summed E-state index contributed by atoms with van der Waals surface area (Å²) in [5.41, 5.74) is 0. The monoisotopic (exact) mass is 853 g/mol. The number of hydrogen-bond acceptors (Lipinski definition) is 10. The lowest BCUT2D eigenvalue weighted by Gasteiger charge is -2.39. The van der Waals surface area contributed by atoms with Crippen molar-refractivity contribution in [2.45, 2.75) is 179 Å². The fourth-order valence-corrected chi connectivity index (χ4v) is 5.98. The van der Waals surface area contributed by atoms with E-state index in [1.807, 2.05) is 18.2 Å². The molecule has 1 aliphatic heterocycles. The van der Waals surface area contributed by atoms with E-state index in [1.165, 1.54) is 44.9 Å². The van der Waals surface area contributed by atoms with Gasteiger partial charge in [-0.3, -0.25) is 9.59 Å². The van der Waals surface area contributed by atoms with Gasteiger partial charge in [-0.2, -0.15) is 0 Å². The quantitative estimate of drug-likeness (QED) is 0.0272. The largest absolute Gasteiger partial charge is 0.462 e. The molecule has 2 unspecified atom stereocenters. The molecule has 0 aromatic rings. The maximum absolute atomic E-state index is 12.8. The lowest BCUT2D eigenvalue weighted by Crippen LogP contribution is -2.59. The Balaban J connectivity index is 2.44. The van der Waals surface area contributed by atoms with Crippen molar-refractivity contribution in [2.75, 3.05) is 19.8 Å². The third-order valence-electron chi connectivity index (χ3n) is 9.64. The molecule has 1 saturated heterocycles. The summed E-state index contributed by atoms with van der Waals surface area (Å²) in [6.45, 7) is 3.21. The highest BCUT2D eigenvalue weighted by molar-refractivity contribution is 5.70. The number of unbranched alkanes of at least 4 members (excludes halogenated alkanes) is 7. The Hall–Kier alpha value is -3.64. The van der Waals surface area contributed by atoms with Crippen LogP contribution in [0.15, 0.2) is 109 Å². The van der Waals surface area contributed by atoms with Gasteiger partial charge in [-0.25, -0.2) is 0 Å². The van der Waals surface area contributed by atoms with Crippen molar-refractivity contribution in [3.8, 4) is 0 Å². The third kappa shape index (κ3) is 31.8. The molecule has 61 heavy (non-hydrogen) atoms. The highest BCUT2D eigenvalue weighted by Gasteiger charge is 2.44. The van der Waals surface area contributed by atoms with E-state index < -0.39 is 55.4 Å². The van der Waals surface area contributed by atoms with Gasteiger partial charge in [0, 0.05) is 12.8 Å². The number of carbonyl (C=O) groups is 2. The molecular formula is C51H80O10. The Bertz CT molecular complexity index is 1350. The van der Waals surface area contributed by atoms with Crippen molar-refractivity contribution >= 4 is 11.9 Å². The van der Waals surface area contributed by atoms with Crippen molar-refractivity contribution in [3.05, 3.63) is 109 Å². The lowest BCUT2D eigenvalue weighted by molar-refractivity contribution is -0.305. The van der Waals surface area contributed by atoms with E-state index in [1.54, 1.807) is 0 Å². The molecule has 0 aromatic heterocycles. The zero-order valence-corrected chi connectivity index (χ0v) is 37.4. The number of allylic oxidation sites excluding steroid dienone is 18. The number of esters is 2. The zero-order valence-electron chi connectivity index (χ0n) is 37.4. The minimum Gasteiger partial charge on any atom is -0.462 e. The van der Waals surface area contributed by atoms with Crippen molar-refractivity contribution in [2.24, 2.45) is 0 Å². The standard InChI is InChI=1S/C51H80O10/c1-3-5-7-9-11-13-15-17-19-21-22-24-25-27-29-31-33-35-37-39-46(53)58-42-44(43-59-51-50(57)49(56)48(55)45(41-52)61-51)60-47(54)40-38-36-34-32-30-28-26-23-20-18-16-14-12-10-8-6-4-2/h11-14,17-20,22,24,26-29,32-35,44-45,48-52,55-57H,3-10,15-16,21,23,25,30-31,36-43H2,1-2H3/b13-11+,14-12+,19-17+,20-18+,24-22+,28-26+,29-27+,34-32+,35-33+/t44-,45-,48+,49?,50?,51-/m0/s1. The summed E-state index contributed by atoms with van der Waals surface area (Å²) in [7, 11) is 0. The zero-order chi connectivity index (χ0) is 44.4. The Morgan fingerprint density at radius 2 is 0.934 bits per heavy atom. The Labute approximate surface area is 368 Å². The summed E-state index contributed by atoms with van der Waals surface area (Å²) < 4.78 is 22.0. The van der Waals surface area contributed by atoms with Gasteiger partial charge in [0.2, 0.25) is 0 Å². The highest BCUT2D eigenvalue weighted by atomic mass is 16.7. The van der Waals surface area contributed by atoms with Gasteiger partial charge < -0.3 is 39.4 Å². The summed E-state index contributed by atoms with van der Waals surface area (Å²) in [5.74, 6) is -0.981. The third-order valence-corrected chi connectivity index (χ3v) is 9.64. The van der Waals surface area contributed by atoms with Gasteiger partial charge in [-0.15, -0.1) is 0 Å². The van der Waals surface area contributed by atoms with E-state index in [0.717, 1.165) is 51.4 Å². The lowest BCUT2D eigenvalue weighted by atomic mass is 9.99. The molecule has 0 amide bonds. The number of rotatable bonds is 36. The van der Waals surface area contributed by atoms with Gasteiger partial charge in [0.05, 0.1) is 13.2 Å². The number of hydrogen-bond donors (Lipinski definition) is 4. The maximum Gasteiger partial charge on any atom is 0.306 e. The van der Waals surface area contributed by atoms with Gasteiger partial charge in [0.15, 0.2) is 12.4 Å². The summed E-state index contributed by atoms with van der Waals surface area (Å²) >= 11 is 0. The molecule has 10 nitrogen and oxygen atoms in total. The summed E-state index contributed by atoms with van der Waals surface area (Å²) in [6.07, 6.45) is 48.2. The SMILES string of the molecule is CCCCC/C=C/C/C=C/C/C=C/C/C=C/C/C=C/CCC(=O)OC[C@@H](CO[C@H]1O[C@@H](CO)[C@@H](O)C(O)C1O)OC(=O)CCC/C=C/C/C=C/C/C=C/C/C=C/CCCCC. The molecule has 1 heterocycles. The Morgan fingerprint density at radius 1 is 0.508 bits per heavy atom. The van der Waals surface area contributed by atoms with Gasteiger partial charge in [-0.05, 0) is 89.9 Å². The van der Waals surface area contributed by atoms with Crippen LogP contribution in [0, 0.1) is 0 Å². The van der Waals surface area contributed by atoms with Crippen molar-refractivity contribution < 1.29 is 49.0 Å². The first kappa shape index (κ1) is 55.4. The first-order valence-electron chi connectivity index (χ1n) is 23.0. The minimum atomic E-state index is -1.62. The average Bonchev–Trinajstić information content (AvgIpc) is 3.26. The van der Waals surface area contributed by atoms with Crippen LogP contribution in [0.1, 0.15) is 142 Å². The minimum absolute atomic E-state index is 0.132. The summed E-state index contributed by atoms with van der Waals surface area (Å²) in [5, 5.41) is 40.1. The molecule has 0 aromatic carbocycles. The number of aliphatic hydroxyl groups excluding tert-OH is 4. The van der Waals surface area contributed by atoms with Crippen LogP contribution < -0.4 is 0 Å². The smallest absolute Gasteiger partial charge is 0.306 e. The van der Waals surface area contributed by atoms with Crippen LogP contribution in [0.2, 0.25) is 0 Å². The van der Waals surface area contributed by atoms with E-state index in [0.29, 0.717) is 19.3 Å². The van der Waals surface area contributed by atoms with Gasteiger partial charge in [0.25, 0.3) is 0 Å². The molecule has 4 N–H and O–H groups in total. The summed E-state index contributed by atoms with van der Waals surface area (Å²) in [6, 6.07) is 0. The fraction of sp³-hybridized carbons (Fsp3) is 0.608. The van der Waals surface area contributed by atoms with Crippen LogP contribution in [0.4, 0.5) is 0 Å². The Kier molecular flexibility index (Phi) is 36.7. The summed E-state index contributed by atoms with van der Waals surface area (Å²) in [4.78, 5) is 25.3. The molecule has 1 fully saturated rings. The van der Waals surface area contributed by atoms with Gasteiger partial charge in [0.1, 0.15) is 31.0 Å². The first-order chi connectivity index (χ1) is 29.8. The molecule has 0 bridgehead atoms. The second-order valence-corrected chi connectivity index (χ2v) is 15.1. The Morgan fingerprint density at radius 3 is 1.38 bits per heavy atom. The van der Waals surface area contributed by atoms with E-state index in [-0.39, 0.29) is 26.1 Å². The van der Waals surface area contributed by atoms with Crippen LogP contribution in [0.25, 0.3) is 0 Å². The van der Waals surface area contributed by atoms with Crippen molar-refractivity contribution in [1.29, 1.82) is 0 Å². The topological polar surface area (TPSA) is 152 Å². The van der Waals surface area contributed by atoms with Crippen LogP contribution in [0.5, 0.6) is 0 Å². The van der Waals surface area contributed by atoms with Crippen LogP contribution in [-0.2, 0) is 28.5 Å². The molecule has 0 radical (unpaired) electrons. The van der Waals surface area contributed by atoms with E-state index in [9.17, 15) is 30.0 Å². The molecule has 10 heteroatoms. The number of carbonyl (C=O) groups excluding carboxylic acids is 2. The molecule has 344 valence electrons. The first-order valence-corrected chi connectivity index (χ1v) is 23.0. The number of aliphatic hydroxyl groups is 4. The van der Waals surface area contributed by atoms with E-state index >= 15 is 0 Å². The van der Waals surface area contributed by atoms with Crippen LogP contribution in [-0.4, -0.2) is 89.0 Å². The maximum atomic E-state index is 12.8. The van der Waals surface area contributed by atoms with Crippen LogP contribution >= 0.6 is 0 Å². The average molecular weight is 853 g/mol. The number of ether oxygens (including phenoxy) is 4. The van der Waals surface area contributed by atoms with Gasteiger partial charge >= 0.3 is 11.9 Å². The van der Waals surface area contributed by atoms with Gasteiger partial charge in [-0.1, -0.05) is 149 Å².